The molecular weight excluding hydrogens is 168 g/mol. The van der Waals surface area contributed by atoms with Gasteiger partial charge in [0.25, 0.3) is 0 Å². The van der Waals surface area contributed by atoms with Crippen molar-refractivity contribution in [3.05, 3.63) is 30.7 Å². The molecule has 14 heavy (non-hydrogen) atoms. The van der Waals surface area contributed by atoms with Gasteiger partial charge in [-0.2, -0.15) is 0 Å². The quantitative estimate of drug-likeness (QED) is 0.481. The third kappa shape index (κ3) is 6.94. The van der Waals surface area contributed by atoms with E-state index in [0.717, 1.165) is 0 Å². The summed E-state index contributed by atoms with van der Waals surface area (Å²) in [6.45, 7) is 0. The molecule has 0 saturated carbocycles. The molecule has 0 spiro atoms. The van der Waals surface area contributed by atoms with Gasteiger partial charge in [0.15, 0.2) is 0 Å². The molecule has 0 aromatic rings. The van der Waals surface area contributed by atoms with Crippen molar-refractivity contribution in [3.63, 3.8) is 0 Å². The normalized spacial score (nSPS) is 26.3. The molecule has 0 heteroatoms. The van der Waals surface area contributed by atoms with E-state index in [2.05, 4.69) is 30.7 Å². The summed E-state index contributed by atoms with van der Waals surface area (Å²) in [6, 6.07) is 0. The van der Waals surface area contributed by atoms with Crippen molar-refractivity contribution in [3.8, 4) is 0 Å². The largest absolute Gasteiger partial charge is 0.0885 e. The van der Waals surface area contributed by atoms with Crippen molar-refractivity contribution in [2.45, 2.75) is 57.8 Å². The van der Waals surface area contributed by atoms with Crippen molar-refractivity contribution in [1.82, 2.24) is 0 Å². The van der Waals surface area contributed by atoms with Gasteiger partial charge < -0.3 is 0 Å². The molecule has 0 N–H and O–H groups in total. The van der Waals surface area contributed by atoms with Gasteiger partial charge in [0.05, 0.1) is 0 Å². The average molecular weight is 191 g/mol. The Morgan fingerprint density at radius 3 is 1.79 bits per heavy atom. The van der Waals surface area contributed by atoms with Gasteiger partial charge in [0.1, 0.15) is 0 Å². The summed E-state index contributed by atoms with van der Waals surface area (Å²) in [6.07, 6.45) is 23.5. The van der Waals surface area contributed by atoms with E-state index in [4.69, 9.17) is 0 Å². The molecule has 0 aromatic carbocycles. The van der Waals surface area contributed by atoms with E-state index < -0.39 is 0 Å². The van der Waals surface area contributed by atoms with Gasteiger partial charge in [-0.3, -0.25) is 0 Å². The van der Waals surface area contributed by atoms with Crippen molar-refractivity contribution in [2.24, 2.45) is 0 Å². The molecular formula is C14H23. The van der Waals surface area contributed by atoms with Gasteiger partial charge in [-0.05, 0) is 44.9 Å². The van der Waals surface area contributed by atoms with E-state index in [-0.39, 0.29) is 0 Å². The van der Waals surface area contributed by atoms with E-state index in [1.54, 1.807) is 0 Å². The Morgan fingerprint density at radius 1 is 0.429 bits per heavy atom. The molecule has 79 valence electrons. The molecule has 1 aliphatic rings. The zero-order valence-corrected chi connectivity index (χ0v) is 9.25. The van der Waals surface area contributed by atoms with Crippen molar-refractivity contribution >= 4 is 0 Å². The SMILES string of the molecule is [CH]1CC/C=C/CC/C=C/CCCCC1. The highest BCUT2D eigenvalue weighted by Crippen LogP contribution is 2.09. The lowest BCUT2D eigenvalue weighted by atomic mass is 10.1. The smallest absolute Gasteiger partial charge is 0.0316 e. The van der Waals surface area contributed by atoms with Gasteiger partial charge in [0.2, 0.25) is 0 Å². The molecule has 1 radical (unpaired) electrons. The molecule has 0 aliphatic heterocycles. The molecule has 0 bridgehead atoms. The first-order valence-electron chi connectivity index (χ1n) is 6.12. The third-order valence-electron chi connectivity index (χ3n) is 2.65. The van der Waals surface area contributed by atoms with Crippen LogP contribution in [0.15, 0.2) is 24.3 Å². The maximum atomic E-state index is 2.45. The van der Waals surface area contributed by atoms with Crippen LogP contribution >= 0.6 is 0 Å². The van der Waals surface area contributed by atoms with Crippen LogP contribution in [0.2, 0.25) is 0 Å². The highest BCUT2D eigenvalue weighted by Gasteiger charge is 1.90. The van der Waals surface area contributed by atoms with Gasteiger partial charge in [-0.25, -0.2) is 0 Å². The molecule has 0 nitrogen and oxygen atoms in total. The number of rotatable bonds is 0. The Hall–Kier alpha value is -0.520. The lowest BCUT2D eigenvalue weighted by molar-refractivity contribution is 0.667. The van der Waals surface area contributed by atoms with Crippen LogP contribution in [0.4, 0.5) is 0 Å². The van der Waals surface area contributed by atoms with Crippen molar-refractivity contribution in [2.75, 3.05) is 0 Å². The van der Waals surface area contributed by atoms with E-state index in [1.807, 2.05) is 0 Å². The minimum Gasteiger partial charge on any atom is -0.0885 e. The summed E-state index contributed by atoms with van der Waals surface area (Å²) in [5.74, 6) is 0. The summed E-state index contributed by atoms with van der Waals surface area (Å²) in [5.41, 5.74) is 0. The first-order valence-corrected chi connectivity index (χ1v) is 6.12. The van der Waals surface area contributed by atoms with Crippen LogP contribution in [-0.4, -0.2) is 0 Å². The predicted molar refractivity (Wildman–Crippen MR) is 64.1 cm³/mol. The van der Waals surface area contributed by atoms with Crippen molar-refractivity contribution < 1.29 is 0 Å². The molecule has 0 saturated heterocycles. The molecule has 0 amide bonds. The van der Waals surface area contributed by atoms with E-state index in [9.17, 15) is 0 Å². The third-order valence-corrected chi connectivity index (χ3v) is 2.65. The lowest BCUT2D eigenvalue weighted by Gasteiger charge is -1.99. The second kappa shape index (κ2) is 9.05. The monoisotopic (exact) mass is 191 g/mol. The molecule has 0 fully saturated rings. The van der Waals surface area contributed by atoms with Gasteiger partial charge in [-0.15, -0.1) is 0 Å². The fourth-order valence-electron chi connectivity index (χ4n) is 1.75. The Labute approximate surface area is 89.1 Å². The predicted octanol–water partition coefficient (Wildman–Crippen LogP) is 4.83. The van der Waals surface area contributed by atoms with Crippen LogP contribution < -0.4 is 0 Å². The van der Waals surface area contributed by atoms with Crippen LogP contribution in [0.1, 0.15) is 57.8 Å². The molecule has 0 atom stereocenters. The summed E-state index contributed by atoms with van der Waals surface area (Å²) >= 11 is 0. The summed E-state index contributed by atoms with van der Waals surface area (Å²) in [7, 11) is 0. The Kier molecular flexibility index (Phi) is 7.47. The Balaban J connectivity index is 2.17. The van der Waals surface area contributed by atoms with E-state index in [1.165, 1.54) is 57.8 Å². The highest BCUT2D eigenvalue weighted by molar-refractivity contribution is 4.89. The zero-order valence-electron chi connectivity index (χ0n) is 9.25. The van der Waals surface area contributed by atoms with Crippen LogP contribution in [0, 0.1) is 6.42 Å². The fourth-order valence-corrected chi connectivity index (χ4v) is 1.75. The molecule has 1 rings (SSSR count). The standard InChI is InChI=1S/C14H23/c1-2-4-6-8-10-12-14-13-11-9-7-5-3-1/h1-2,7-9H,3-6,10-14H2/b2-1+,9-7+. The maximum Gasteiger partial charge on any atom is -0.0316 e. The summed E-state index contributed by atoms with van der Waals surface area (Å²) in [5, 5.41) is 0. The van der Waals surface area contributed by atoms with E-state index >= 15 is 0 Å². The Bertz CT molecular complexity index is 145. The fraction of sp³-hybridized carbons (Fsp3) is 0.643. The maximum absolute atomic E-state index is 2.45. The van der Waals surface area contributed by atoms with Gasteiger partial charge in [-0.1, -0.05) is 43.6 Å². The molecule has 0 heterocycles. The van der Waals surface area contributed by atoms with Crippen LogP contribution in [0.5, 0.6) is 0 Å². The highest BCUT2D eigenvalue weighted by atomic mass is 14.0. The lowest BCUT2D eigenvalue weighted by Crippen LogP contribution is -1.81. The Morgan fingerprint density at radius 2 is 1.00 bits per heavy atom. The molecule has 1 aliphatic carbocycles. The molecule has 0 aromatic heterocycles. The summed E-state index contributed by atoms with van der Waals surface area (Å²) in [4.78, 5) is 0. The van der Waals surface area contributed by atoms with E-state index in [0.29, 0.717) is 0 Å². The van der Waals surface area contributed by atoms with Crippen LogP contribution in [0.25, 0.3) is 0 Å². The topological polar surface area (TPSA) is 0 Å². The summed E-state index contributed by atoms with van der Waals surface area (Å²) < 4.78 is 0. The molecule has 0 unspecified atom stereocenters. The van der Waals surface area contributed by atoms with Crippen LogP contribution in [-0.2, 0) is 0 Å². The minimum absolute atomic E-state index is 1.22. The first-order chi connectivity index (χ1) is 7.00. The van der Waals surface area contributed by atoms with Crippen LogP contribution in [0.3, 0.4) is 0 Å². The number of hydrogen-bond donors (Lipinski definition) is 0. The van der Waals surface area contributed by atoms with Gasteiger partial charge in [0, 0.05) is 0 Å². The van der Waals surface area contributed by atoms with Crippen molar-refractivity contribution in [1.29, 1.82) is 0 Å². The second-order valence-electron chi connectivity index (χ2n) is 4.02. The van der Waals surface area contributed by atoms with Gasteiger partial charge >= 0.3 is 0 Å². The number of allylic oxidation sites excluding steroid dienone is 4. The first kappa shape index (κ1) is 11.6. The average Bonchev–Trinajstić information content (AvgIpc) is 2.22. The second-order valence-corrected chi connectivity index (χ2v) is 4.02. The zero-order chi connectivity index (χ0) is 9.90. The number of hydrogen-bond acceptors (Lipinski definition) is 0. The minimum atomic E-state index is 1.22.